The third-order valence-corrected chi connectivity index (χ3v) is 4.09. The molecule has 3 aromatic rings. The Labute approximate surface area is 154 Å². The molecular formula is C18H15ClN4O3. The van der Waals surface area contributed by atoms with Crippen molar-refractivity contribution in [3.05, 3.63) is 87.2 Å². The summed E-state index contributed by atoms with van der Waals surface area (Å²) in [7, 11) is 0. The van der Waals surface area contributed by atoms with E-state index in [-0.39, 0.29) is 16.3 Å². The highest BCUT2D eigenvalue weighted by atomic mass is 35.5. The van der Waals surface area contributed by atoms with Gasteiger partial charge in [-0.1, -0.05) is 29.8 Å². The van der Waals surface area contributed by atoms with Crippen LogP contribution in [-0.4, -0.2) is 27.2 Å². The van der Waals surface area contributed by atoms with Gasteiger partial charge in [-0.3, -0.25) is 14.9 Å². The van der Waals surface area contributed by atoms with Gasteiger partial charge in [0.25, 0.3) is 11.6 Å². The van der Waals surface area contributed by atoms with Gasteiger partial charge in [0.2, 0.25) is 0 Å². The van der Waals surface area contributed by atoms with Crippen molar-refractivity contribution in [2.24, 2.45) is 0 Å². The molecule has 0 saturated carbocycles. The van der Waals surface area contributed by atoms with E-state index in [2.05, 4.69) is 10.4 Å². The minimum absolute atomic E-state index is 0.0841. The molecule has 0 fully saturated rings. The lowest BCUT2D eigenvalue weighted by molar-refractivity contribution is -0.384. The first-order valence-electron chi connectivity index (χ1n) is 7.86. The van der Waals surface area contributed by atoms with Gasteiger partial charge in [0.05, 0.1) is 27.4 Å². The van der Waals surface area contributed by atoms with Crippen LogP contribution in [0.2, 0.25) is 5.02 Å². The van der Waals surface area contributed by atoms with Crippen molar-refractivity contribution in [2.75, 3.05) is 6.54 Å². The van der Waals surface area contributed by atoms with Crippen molar-refractivity contribution in [3.63, 3.8) is 0 Å². The minimum Gasteiger partial charge on any atom is -0.352 e. The van der Waals surface area contributed by atoms with E-state index < -0.39 is 10.8 Å². The third-order valence-electron chi connectivity index (χ3n) is 3.76. The molecule has 1 aromatic heterocycles. The molecule has 26 heavy (non-hydrogen) atoms. The van der Waals surface area contributed by atoms with Gasteiger partial charge < -0.3 is 5.32 Å². The Hall–Kier alpha value is -3.19. The number of benzene rings is 2. The highest BCUT2D eigenvalue weighted by Crippen LogP contribution is 2.21. The predicted molar refractivity (Wildman–Crippen MR) is 97.7 cm³/mol. The van der Waals surface area contributed by atoms with Crippen molar-refractivity contribution < 1.29 is 9.72 Å². The third kappa shape index (κ3) is 4.07. The highest BCUT2D eigenvalue weighted by Gasteiger charge is 2.15. The molecule has 0 atom stereocenters. The lowest BCUT2D eigenvalue weighted by Gasteiger charge is -2.06. The summed E-state index contributed by atoms with van der Waals surface area (Å²) in [5.41, 5.74) is 1.81. The van der Waals surface area contributed by atoms with Crippen LogP contribution in [0.3, 0.4) is 0 Å². The zero-order chi connectivity index (χ0) is 18.5. The molecule has 7 nitrogen and oxygen atoms in total. The van der Waals surface area contributed by atoms with Crippen molar-refractivity contribution in [2.45, 2.75) is 6.42 Å². The minimum atomic E-state index is -0.564. The van der Waals surface area contributed by atoms with E-state index in [4.69, 9.17) is 11.6 Å². The Morgan fingerprint density at radius 3 is 2.73 bits per heavy atom. The molecule has 1 heterocycles. The maximum Gasteiger partial charge on any atom is 0.270 e. The van der Waals surface area contributed by atoms with E-state index in [1.165, 1.54) is 18.2 Å². The number of carbonyl (C=O) groups is 1. The maximum absolute atomic E-state index is 12.2. The fraction of sp³-hybridized carbons (Fsp3) is 0.111. The van der Waals surface area contributed by atoms with Gasteiger partial charge in [-0.05, 0) is 30.2 Å². The van der Waals surface area contributed by atoms with E-state index in [9.17, 15) is 14.9 Å². The lowest BCUT2D eigenvalue weighted by Crippen LogP contribution is -2.26. The summed E-state index contributed by atoms with van der Waals surface area (Å²) < 4.78 is 1.76. The zero-order valence-electron chi connectivity index (χ0n) is 13.6. The molecular weight excluding hydrogens is 356 g/mol. The summed E-state index contributed by atoms with van der Waals surface area (Å²) in [4.78, 5) is 22.5. The molecule has 0 saturated heterocycles. The standard InChI is InChI=1S/C18H15ClN4O3/c19-17-7-6-15(23(25)26)10-16(17)18(24)20-9-8-13-11-21-22(12-13)14-4-2-1-3-5-14/h1-7,10-12H,8-9H2,(H,20,24). The topological polar surface area (TPSA) is 90.1 Å². The Morgan fingerprint density at radius 1 is 1.23 bits per heavy atom. The Balaban J connectivity index is 1.60. The molecule has 132 valence electrons. The van der Waals surface area contributed by atoms with Crippen LogP contribution in [0.5, 0.6) is 0 Å². The summed E-state index contributed by atoms with van der Waals surface area (Å²) >= 11 is 5.97. The van der Waals surface area contributed by atoms with Crippen LogP contribution in [0.1, 0.15) is 15.9 Å². The summed E-state index contributed by atoms with van der Waals surface area (Å²) in [6.07, 6.45) is 4.20. The number of para-hydroxylation sites is 1. The first kappa shape index (κ1) is 17.6. The summed E-state index contributed by atoms with van der Waals surface area (Å²) in [5.74, 6) is -0.450. The molecule has 0 aliphatic heterocycles. The summed E-state index contributed by atoms with van der Waals surface area (Å²) in [5, 5.41) is 18.0. The second-order valence-corrected chi connectivity index (χ2v) is 5.96. The molecule has 0 spiro atoms. The summed E-state index contributed by atoms with van der Waals surface area (Å²) in [6.45, 7) is 0.359. The quantitative estimate of drug-likeness (QED) is 0.531. The highest BCUT2D eigenvalue weighted by molar-refractivity contribution is 6.33. The van der Waals surface area contributed by atoms with Crippen molar-refractivity contribution in [1.82, 2.24) is 15.1 Å². The summed E-state index contributed by atoms with van der Waals surface area (Å²) in [6, 6.07) is 13.5. The number of halogens is 1. The number of carbonyl (C=O) groups excluding carboxylic acids is 1. The second-order valence-electron chi connectivity index (χ2n) is 5.56. The van der Waals surface area contributed by atoms with Gasteiger partial charge in [0.15, 0.2) is 0 Å². The van der Waals surface area contributed by atoms with Crippen LogP contribution in [0.25, 0.3) is 5.69 Å². The number of nitrogens with zero attached hydrogens (tertiary/aromatic N) is 3. The molecule has 0 unspecified atom stereocenters. The van der Waals surface area contributed by atoms with Gasteiger partial charge >= 0.3 is 0 Å². The van der Waals surface area contributed by atoms with Crippen molar-refractivity contribution in [1.29, 1.82) is 0 Å². The molecule has 1 N–H and O–H groups in total. The van der Waals surface area contributed by atoms with Crippen LogP contribution in [0.15, 0.2) is 60.9 Å². The molecule has 0 bridgehead atoms. The Kier molecular flexibility index (Phi) is 5.28. The van der Waals surface area contributed by atoms with Crippen LogP contribution in [0.4, 0.5) is 5.69 Å². The van der Waals surface area contributed by atoms with E-state index in [0.29, 0.717) is 13.0 Å². The van der Waals surface area contributed by atoms with Crippen LogP contribution < -0.4 is 5.32 Å². The van der Waals surface area contributed by atoms with Gasteiger partial charge in [0.1, 0.15) is 0 Å². The predicted octanol–water partition coefficient (Wildman–Crippen LogP) is 3.41. The van der Waals surface area contributed by atoms with Crippen molar-refractivity contribution >= 4 is 23.2 Å². The SMILES string of the molecule is O=C(NCCc1cnn(-c2ccccc2)c1)c1cc([N+](=O)[O-])ccc1Cl. The molecule has 0 aliphatic carbocycles. The maximum atomic E-state index is 12.2. The normalized spacial score (nSPS) is 10.5. The van der Waals surface area contributed by atoms with Gasteiger partial charge in [-0.25, -0.2) is 4.68 Å². The number of rotatable bonds is 6. The van der Waals surface area contributed by atoms with E-state index in [1.807, 2.05) is 36.5 Å². The average molecular weight is 371 g/mol. The number of hydrogen-bond acceptors (Lipinski definition) is 4. The average Bonchev–Trinajstić information content (AvgIpc) is 3.11. The first-order chi connectivity index (χ1) is 12.5. The molecule has 8 heteroatoms. The Bertz CT molecular complexity index is 941. The fourth-order valence-electron chi connectivity index (χ4n) is 2.43. The number of amides is 1. The smallest absolute Gasteiger partial charge is 0.270 e. The van der Waals surface area contributed by atoms with Crippen LogP contribution in [-0.2, 0) is 6.42 Å². The van der Waals surface area contributed by atoms with Crippen LogP contribution >= 0.6 is 11.6 Å². The van der Waals surface area contributed by atoms with Crippen LogP contribution in [0, 0.1) is 10.1 Å². The first-order valence-corrected chi connectivity index (χ1v) is 8.23. The Morgan fingerprint density at radius 2 is 2.00 bits per heavy atom. The van der Waals surface area contributed by atoms with Gasteiger partial charge in [-0.2, -0.15) is 5.10 Å². The number of nitrogens with one attached hydrogen (secondary N) is 1. The number of aromatic nitrogens is 2. The molecule has 0 aliphatic rings. The second kappa shape index (κ2) is 7.79. The largest absolute Gasteiger partial charge is 0.352 e. The fourth-order valence-corrected chi connectivity index (χ4v) is 2.63. The number of non-ortho nitro benzene ring substituents is 1. The zero-order valence-corrected chi connectivity index (χ0v) is 14.4. The molecule has 2 aromatic carbocycles. The molecule has 1 amide bonds. The van der Waals surface area contributed by atoms with Crippen molar-refractivity contribution in [3.8, 4) is 5.69 Å². The van der Waals surface area contributed by atoms with E-state index >= 15 is 0 Å². The molecule has 3 rings (SSSR count). The van der Waals surface area contributed by atoms with E-state index in [0.717, 1.165) is 11.3 Å². The van der Waals surface area contributed by atoms with Gasteiger partial charge in [0, 0.05) is 24.9 Å². The lowest BCUT2D eigenvalue weighted by atomic mass is 10.2. The number of nitro benzene ring substituents is 1. The van der Waals surface area contributed by atoms with E-state index in [1.54, 1.807) is 10.9 Å². The monoisotopic (exact) mass is 370 g/mol. The number of nitro groups is 1. The van der Waals surface area contributed by atoms with Gasteiger partial charge in [-0.15, -0.1) is 0 Å². The molecule has 0 radical (unpaired) electrons. The number of hydrogen-bond donors (Lipinski definition) is 1.